The first-order valence-electron chi connectivity index (χ1n) is 5.48. The molecule has 1 heterocycles. The standard InChI is InChI=1S/C12H13BrN2O/c13-11-5-10(6-14)12(15-7-11)16-8-9-3-1-2-4-9/h5,7,9H,1-4,8H2. The molecule has 0 bridgehead atoms. The van der Waals surface area contributed by atoms with E-state index >= 15 is 0 Å². The average Bonchev–Trinajstić information content (AvgIpc) is 2.80. The summed E-state index contributed by atoms with van der Waals surface area (Å²) >= 11 is 3.29. The fourth-order valence-corrected chi connectivity index (χ4v) is 2.33. The fourth-order valence-electron chi connectivity index (χ4n) is 2.00. The van der Waals surface area contributed by atoms with Gasteiger partial charge in [0.2, 0.25) is 5.88 Å². The van der Waals surface area contributed by atoms with E-state index in [1.54, 1.807) is 12.3 Å². The van der Waals surface area contributed by atoms with Crippen LogP contribution in [0.2, 0.25) is 0 Å². The molecule has 0 atom stereocenters. The van der Waals surface area contributed by atoms with Gasteiger partial charge < -0.3 is 4.74 Å². The molecule has 0 unspecified atom stereocenters. The number of rotatable bonds is 3. The van der Waals surface area contributed by atoms with Gasteiger partial charge in [-0.25, -0.2) is 4.98 Å². The zero-order valence-corrected chi connectivity index (χ0v) is 10.5. The molecule has 0 saturated heterocycles. The summed E-state index contributed by atoms with van der Waals surface area (Å²) in [6.07, 6.45) is 6.72. The Labute approximate surface area is 104 Å². The van der Waals surface area contributed by atoms with E-state index in [9.17, 15) is 0 Å². The summed E-state index contributed by atoms with van der Waals surface area (Å²) in [6.45, 7) is 0.684. The molecule has 0 amide bonds. The molecular weight excluding hydrogens is 268 g/mol. The zero-order valence-electron chi connectivity index (χ0n) is 8.95. The number of nitrogens with zero attached hydrogens (tertiary/aromatic N) is 2. The first-order chi connectivity index (χ1) is 7.79. The second-order valence-electron chi connectivity index (χ2n) is 4.08. The van der Waals surface area contributed by atoms with Crippen molar-refractivity contribution in [2.45, 2.75) is 25.7 Å². The van der Waals surface area contributed by atoms with Crippen LogP contribution >= 0.6 is 15.9 Å². The van der Waals surface area contributed by atoms with Crippen molar-refractivity contribution in [1.82, 2.24) is 4.98 Å². The fraction of sp³-hybridized carbons (Fsp3) is 0.500. The van der Waals surface area contributed by atoms with Crippen molar-refractivity contribution in [2.75, 3.05) is 6.61 Å². The number of nitriles is 1. The highest BCUT2D eigenvalue weighted by Gasteiger charge is 2.16. The minimum absolute atomic E-state index is 0.456. The zero-order chi connectivity index (χ0) is 11.4. The summed E-state index contributed by atoms with van der Waals surface area (Å²) in [4.78, 5) is 4.12. The topological polar surface area (TPSA) is 45.9 Å². The largest absolute Gasteiger partial charge is 0.476 e. The minimum Gasteiger partial charge on any atom is -0.476 e. The third-order valence-electron chi connectivity index (χ3n) is 2.87. The normalized spacial score (nSPS) is 16.0. The maximum absolute atomic E-state index is 8.94. The Morgan fingerprint density at radius 1 is 1.50 bits per heavy atom. The molecule has 0 N–H and O–H groups in total. The lowest BCUT2D eigenvalue weighted by molar-refractivity contribution is 0.243. The van der Waals surface area contributed by atoms with Gasteiger partial charge in [0.25, 0.3) is 0 Å². The van der Waals surface area contributed by atoms with Crippen molar-refractivity contribution in [2.24, 2.45) is 5.92 Å². The lowest BCUT2D eigenvalue weighted by Crippen LogP contribution is -2.09. The lowest BCUT2D eigenvalue weighted by atomic mass is 10.1. The van der Waals surface area contributed by atoms with Crippen molar-refractivity contribution < 1.29 is 4.74 Å². The molecule has 0 spiro atoms. The monoisotopic (exact) mass is 280 g/mol. The van der Waals surface area contributed by atoms with Crippen molar-refractivity contribution in [1.29, 1.82) is 5.26 Å². The Morgan fingerprint density at radius 2 is 2.25 bits per heavy atom. The second kappa shape index (κ2) is 5.31. The van der Waals surface area contributed by atoms with Gasteiger partial charge in [0.05, 0.1) is 6.61 Å². The van der Waals surface area contributed by atoms with Gasteiger partial charge in [0, 0.05) is 10.7 Å². The first-order valence-corrected chi connectivity index (χ1v) is 6.27. The van der Waals surface area contributed by atoms with Crippen LogP contribution < -0.4 is 4.74 Å². The van der Waals surface area contributed by atoms with Gasteiger partial charge in [-0.1, -0.05) is 12.8 Å². The maximum atomic E-state index is 8.94. The second-order valence-corrected chi connectivity index (χ2v) is 5.00. The van der Waals surface area contributed by atoms with Crippen molar-refractivity contribution >= 4 is 15.9 Å². The summed E-state index contributed by atoms with van der Waals surface area (Å²) in [7, 11) is 0. The van der Waals surface area contributed by atoms with Gasteiger partial charge >= 0.3 is 0 Å². The third-order valence-corrected chi connectivity index (χ3v) is 3.30. The van der Waals surface area contributed by atoms with Gasteiger partial charge in [0.15, 0.2) is 0 Å². The Bertz CT molecular complexity index is 408. The number of pyridine rings is 1. The van der Waals surface area contributed by atoms with E-state index in [0.717, 1.165) is 4.47 Å². The molecule has 16 heavy (non-hydrogen) atoms. The van der Waals surface area contributed by atoms with Gasteiger partial charge in [-0.15, -0.1) is 0 Å². The number of ether oxygens (including phenoxy) is 1. The summed E-state index contributed by atoms with van der Waals surface area (Å²) in [6, 6.07) is 3.83. The molecule has 1 aromatic rings. The molecule has 1 aliphatic rings. The molecule has 4 heteroatoms. The first kappa shape index (κ1) is 11.4. The molecular formula is C12H13BrN2O. The van der Waals surface area contributed by atoms with E-state index < -0.39 is 0 Å². The Balaban J connectivity index is 2.00. The van der Waals surface area contributed by atoms with Crippen molar-refractivity contribution in [3.63, 3.8) is 0 Å². The summed E-state index contributed by atoms with van der Waals surface area (Å²) in [5.74, 6) is 1.09. The highest BCUT2D eigenvalue weighted by molar-refractivity contribution is 9.10. The molecule has 0 radical (unpaired) electrons. The van der Waals surface area contributed by atoms with Crippen LogP contribution in [-0.2, 0) is 0 Å². The average molecular weight is 281 g/mol. The van der Waals surface area contributed by atoms with Crippen LogP contribution in [0.1, 0.15) is 31.2 Å². The number of hydrogen-bond donors (Lipinski definition) is 0. The van der Waals surface area contributed by atoms with E-state index in [1.807, 2.05) is 0 Å². The minimum atomic E-state index is 0.456. The van der Waals surface area contributed by atoms with Crippen LogP contribution in [0.4, 0.5) is 0 Å². The van der Waals surface area contributed by atoms with Crippen LogP contribution in [0.15, 0.2) is 16.7 Å². The Kier molecular flexibility index (Phi) is 3.79. The van der Waals surface area contributed by atoms with E-state index in [-0.39, 0.29) is 0 Å². The Hall–Kier alpha value is -1.08. The van der Waals surface area contributed by atoms with E-state index in [0.29, 0.717) is 24.0 Å². The number of aromatic nitrogens is 1. The van der Waals surface area contributed by atoms with Crippen molar-refractivity contribution in [3.05, 3.63) is 22.3 Å². The van der Waals surface area contributed by atoms with Crippen molar-refractivity contribution in [3.8, 4) is 11.9 Å². The predicted octanol–water partition coefficient (Wildman–Crippen LogP) is 3.28. The molecule has 2 rings (SSSR count). The maximum Gasteiger partial charge on any atom is 0.231 e. The van der Waals surface area contributed by atoms with Crippen LogP contribution in [0, 0.1) is 17.2 Å². The van der Waals surface area contributed by atoms with Gasteiger partial charge in [-0.05, 0) is 40.8 Å². The summed E-state index contributed by atoms with van der Waals surface area (Å²) in [5, 5.41) is 8.94. The molecule has 84 valence electrons. The number of hydrogen-bond acceptors (Lipinski definition) is 3. The van der Waals surface area contributed by atoms with Gasteiger partial charge in [-0.3, -0.25) is 0 Å². The molecule has 1 saturated carbocycles. The molecule has 1 aromatic heterocycles. The molecule has 1 aliphatic carbocycles. The van der Waals surface area contributed by atoms with Crippen LogP contribution in [0.3, 0.4) is 0 Å². The highest BCUT2D eigenvalue weighted by atomic mass is 79.9. The van der Waals surface area contributed by atoms with Gasteiger partial charge in [-0.2, -0.15) is 5.26 Å². The summed E-state index contributed by atoms with van der Waals surface area (Å²) in [5.41, 5.74) is 0.493. The predicted molar refractivity (Wildman–Crippen MR) is 64.1 cm³/mol. The van der Waals surface area contributed by atoms with Crippen LogP contribution in [-0.4, -0.2) is 11.6 Å². The Morgan fingerprint density at radius 3 is 2.94 bits per heavy atom. The third kappa shape index (κ3) is 2.73. The molecule has 0 aromatic carbocycles. The molecule has 0 aliphatic heterocycles. The lowest BCUT2D eigenvalue weighted by Gasteiger charge is -2.11. The van der Waals surface area contributed by atoms with Crippen LogP contribution in [0.25, 0.3) is 0 Å². The summed E-state index contributed by atoms with van der Waals surface area (Å²) < 4.78 is 6.42. The van der Waals surface area contributed by atoms with E-state index in [1.165, 1.54) is 25.7 Å². The number of halogens is 1. The van der Waals surface area contributed by atoms with Crippen LogP contribution in [0.5, 0.6) is 5.88 Å². The molecule has 3 nitrogen and oxygen atoms in total. The SMILES string of the molecule is N#Cc1cc(Br)cnc1OCC1CCCC1. The quantitative estimate of drug-likeness (QED) is 0.854. The van der Waals surface area contributed by atoms with Gasteiger partial charge in [0.1, 0.15) is 11.6 Å². The highest BCUT2D eigenvalue weighted by Crippen LogP contribution is 2.26. The van der Waals surface area contributed by atoms with E-state index in [2.05, 4.69) is 27.0 Å². The smallest absolute Gasteiger partial charge is 0.231 e. The van der Waals surface area contributed by atoms with E-state index in [4.69, 9.17) is 10.00 Å². The molecule has 1 fully saturated rings.